The van der Waals surface area contributed by atoms with E-state index in [0.717, 1.165) is 54.9 Å². The predicted molar refractivity (Wildman–Crippen MR) is 118 cm³/mol. The molecule has 2 aliphatic rings. The molecule has 0 bridgehead atoms. The number of ketones is 1. The van der Waals surface area contributed by atoms with Crippen LogP contribution in [0.4, 0.5) is 5.69 Å². The smallest absolute Gasteiger partial charge is 0.224 e. The van der Waals surface area contributed by atoms with Gasteiger partial charge in [-0.15, -0.1) is 12.4 Å². The van der Waals surface area contributed by atoms with Gasteiger partial charge in [-0.25, -0.2) is 0 Å². The molecule has 28 heavy (non-hydrogen) atoms. The van der Waals surface area contributed by atoms with E-state index < -0.39 is 0 Å². The zero-order chi connectivity index (χ0) is 19.4. The minimum Gasteiger partial charge on any atom is -0.326 e. The fourth-order valence-electron chi connectivity index (χ4n) is 4.54. The Hall–Kier alpha value is -1.39. The molecule has 0 radical (unpaired) electrons. The van der Waals surface area contributed by atoms with E-state index in [0.29, 0.717) is 18.6 Å². The molecular weight excluding hydrogens is 372 g/mol. The molecule has 156 valence electrons. The van der Waals surface area contributed by atoms with Gasteiger partial charge in [-0.1, -0.05) is 26.7 Å². The maximum atomic E-state index is 13.5. The Morgan fingerprint density at radius 1 is 1.04 bits per heavy atom. The molecule has 5 heteroatoms. The van der Waals surface area contributed by atoms with Crippen molar-refractivity contribution < 1.29 is 9.59 Å². The molecule has 0 aromatic heterocycles. The molecule has 0 saturated heterocycles. The van der Waals surface area contributed by atoms with Crippen LogP contribution in [0.25, 0.3) is 0 Å². The van der Waals surface area contributed by atoms with E-state index in [9.17, 15) is 9.59 Å². The van der Waals surface area contributed by atoms with E-state index in [1.807, 2.05) is 0 Å². The van der Waals surface area contributed by atoms with E-state index in [4.69, 9.17) is 0 Å². The van der Waals surface area contributed by atoms with Crippen LogP contribution in [0.15, 0.2) is 6.07 Å². The first-order chi connectivity index (χ1) is 13.0. The van der Waals surface area contributed by atoms with Gasteiger partial charge in [-0.2, -0.15) is 0 Å². The summed E-state index contributed by atoms with van der Waals surface area (Å²) in [5.74, 6) is 0.465. The van der Waals surface area contributed by atoms with Crippen LogP contribution in [-0.4, -0.2) is 36.2 Å². The third-order valence-corrected chi connectivity index (χ3v) is 6.14. The second-order valence-corrected chi connectivity index (χ2v) is 8.23. The maximum Gasteiger partial charge on any atom is 0.224 e. The zero-order valence-electron chi connectivity index (χ0n) is 17.6. The molecule has 1 aromatic carbocycles. The van der Waals surface area contributed by atoms with Crippen molar-refractivity contribution in [1.82, 2.24) is 4.90 Å². The van der Waals surface area contributed by atoms with Gasteiger partial charge in [-0.3, -0.25) is 9.59 Å². The van der Waals surface area contributed by atoms with Crippen LogP contribution in [0.3, 0.4) is 0 Å². The van der Waals surface area contributed by atoms with E-state index in [1.165, 1.54) is 31.2 Å². The van der Waals surface area contributed by atoms with Crippen LogP contribution in [0.2, 0.25) is 0 Å². The summed E-state index contributed by atoms with van der Waals surface area (Å²) < 4.78 is 0. The number of aryl methyl sites for hydroxylation is 1. The number of rotatable bonds is 8. The van der Waals surface area contributed by atoms with E-state index in [1.54, 1.807) is 0 Å². The van der Waals surface area contributed by atoms with Crippen molar-refractivity contribution in [1.29, 1.82) is 0 Å². The van der Waals surface area contributed by atoms with Gasteiger partial charge >= 0.3 is 0 Å². The number of Topliss-reactive ketones (excluding diaryl/α,β-unsaturated/α-hetero) is 1. The number of nitrogens with one attached hydrogen (secondary N) is 1. The van der Waals surface area contributed by atoms with Crippen LogP contribution in [0, 0.1) is 12.8 Å². The number of halogens is 1. The highest BCUT2D eigenvalue weighted by Gasteiger charge is 2.34. The van der Waals surface area contributed by atoms with Crippen molar-refractivity contribution in [3.63, 3.8) is 0 Å². The van der Waals surface area contributed by atoms with E-state index in [-0.39, 0.29) is 24.2 Å². The lowest BCUT2D eigenvalue weighted by Gasteiger charge is -2.33. The van der Waals surface area contributed by atoms with Gasteiger partial charge in [0.1, 0.15) is 0 Å². The van der Waals surface area contributed by atoms with Gasteiger partial charge in [-0.05, 0) is 74.9 Å². The van der Waals surface area contributed by atoms with Crippen molar-refractivity contribution in [3.8, 4) is 0 Å². The minimum absolute atomic E-state index is 0. The molecule has 0 fully saturated rings. The standard InChI is InChI=1S/C23H34N2O2.ClH/c1-4-6-12-25(13-7-5-2)15-17-8-9-18-16(3)14-20-19(22(18)23(17)27)10-11-21(26)24-20;/h14,17H,4-13,15H2,1-3H3,(H,24,26);1H. The van der Waals surface area contributed by atoms with Crippen LogP contribution in [0.1, 0.15) is 79.4 Å². The normalized spacial score (nSPS) is 18.4. The number of amides is 1. The summed E-state index contributed by atoms with van der Waals surface area (Å²) in [4.78, 5) is 27.8. The molecule has 1 aromatic rings. The number of carbonyl (C=O) groups is 2. The molecule has 0 spiro atoms. The van der Waals surface area contributed by atoms with Gasteiger partial charge in [0, 0.05) is 30.1 Å². The second-order valence-electron chi connectivity index (χ2n) is 8.23. The summed E-state index contributed by atoms with van der Waals surface area (Å²) >= 11 is 0. The first-order valence-corrected chi connectivity index (χ1v) is 10.8. The fraction of sp³-hybridized carbons (Fsp3) is 0.652. The van der Waals surface area contributed by atoms with Crippen molar-refractivity contribution in [2.24, 2.45) is 5.92 Å². The van der Waals surface area contributed by atoms with Crippen molar-refractivity contribution in [2.75, 3.05) is 25.0 Å². The van der Waals surface area contributed by atoms with Crippen LogP contribution in [-0.2, 0) is 17.6 Å². The van der Waals surface area contributed by atoms with Crippen LogP contribution in [0.5, 0.6) is 0 Å². The molecule has 1 N–H and O–H groups in total. The lowest BCUT2D eigenvalue weighted by atomic mass is 9.76. The highest BCUT2D eigenvalue weighted by molar-refractivity contribution is 6.05. The summed E-state index contributed by atoms with van der Waals surface area (Å²) in [5.41, 5.74) is 5.25. The summed E-state index contributed by atoms with van der Waals surface area (Å²) in [6.07, 6.45) is 7.88. The van der Waals surface area contributed by atoms with Gasteiger partial charge in [0.2, 0.25) is 5.91 Å². The molecule has 1 aliphatic heterocycles. The molecule has 3 rings (SSSR count). The van der Waals surface area contributed by atoms with Crippen molar-refractivity contribution in [2.45, 2.75) is 72.1 Å². The Morgan fingerprint density at radius 3 is 2.36 bits per heavy atom. The first kappa shape index (κ1) is 22.9. The number of fused-ring (bicyclic) bond motifs is 3. The Labute approximate surface area is 175 Å². The monoisotopic (exact) mass is 406 g/mol. The highest BCUT2D eigenvalue weighted by Crippen LogP contribution is 2.37. The zero-order valence-corrected chi connectivity index (χ0v) is 18.4. The first-order valence-electron chi connectivity index (χ1n) is 10.8. The Kier molecular flexibility index (Phi) is 8.51. The second kappa shape index (κ2) is 10.4. The van der Waals surface area contributed by atoms with Gasteiger partial charge < -0.3 is 10.2 Å². The largest absolute Gasteiger partial charge is 0.326 e. The topological polar surface area (TPSA) is 49.4 Å². The third-order valence-electron chi connectivity index (χ3n) is 6.14. The molecule has 4 nitrogen and oxygen atoms in total. The van der Waals surface area contributed by atoms with E-state index in [2.05, 4.69) is 37.1 Å². The van der Waals surface area contributed by atoms with E-state index >= 15 is 0 Å². The Balaban J connectivity index is 0.00000280. The number of anilines is 1. The number of hydrogen-bond donors (Lipinski definition) is 1. The molecule has 1 heterocycles. The maximum absolute atomic E-state index is 13.5. The summed E-state index contributed by atoms with van der Waals surface area (Å²) in [6, 6.07) is 2.06. The summed E-state index contributed by atoms with van der Waals surface area (Å²) in [7, 11) is 0. The number of nitrogens with zero attached hydrogens (tertiary/aromatic N) is 1. The average Bonchev–Trinajstić information content (AvgIpc) is 2.65. The Bertz CT molecular complexity index is 709. The fourth-order valence-corrected chi connectivity index (χ4v) is 4.54. The molecule has 1 amide bonds. The van der Waals surface area contributed by atoms with Crippen molar-refractivity contribution >= 4 is 29.8 Å². The molecule has 1 atom stereocenters. The number of benzene rings is 1. The summed E-state index contributed by atoms with van der Waals surface area (Å²) in [6.45, 7) is 9.59. The number of hydrogen-bond acceptors (Lipinski definition) is 3. The lowest BCUT2D eigenvalue weighted by molar-refractivity contribution is -0.116. The Morgan fingerprint density at radius 2 is 1.71 bits per heavy atom. The quantitative estimate of drug-likeness (QED) is 0.664. The van der Waals surface area contributed by atoms with Crippen LogP contribution < -0.4 is 5.32 Å². The predicted octanol–water partition coefficient (Wildman–Crippen LogP) is 4.95. The lowest BCUT2D eigenvalue weighted by Crippen LogP contribution is -2.38. The number of carbonyl (C=O) groups excluding carboxylic acids is 2. The van der Waals surface area contributed by atoms with Gasteiger partial charge in [0.15, 0.2) is 5.78 Å². The molecule has 0 saturated carbocycles. The number of unbranched alkanes of at least 4 members (excludes halogenated alkanes) is 2. The third kappa shape index (κ3) is 4.96. The molecular formula is C23H35ClN2O2. The molecule has 1 unspecified atom stereocenters. The average molecular weight is 407 g/mol. The SMILES string of the molecule is CCCCN(CCCC)CC1CCc2c(C)cc3c(c2C1=O)CCC(=O)N3.Cl. The molecule has 1 aliphatic carbocycles. The van der Waals surface area contributed by atoms with Crippen molar-refractivity contribution in [3.05, 3.63) is 28.3 Å². The minimum atomic E-state index is 0. The summed E-state index contributed by atoms with van der Waals surface area (Å²) in [5, 5.41) is 2.98. The van der Waals surface area contributed by atoms with Gasteiger partial charge in [0.05, 0.1) is 0 Å². The van der Waals surface area contributed by atoms with Gasteiger partial charge in [0.25, 0.3) is 0 Å². The van der Waals surface area contributed by atoms with Crippen LogP contribution >= 0.6 is 12.4 Å². The highest BCUT2D eigenvalue weighted by atomic mass is 35.5.